The number of rotatable bonds is 2. The van der Waals surface area contributed by atoms with Gasteiger partial charge in [-0.05, 0) is 25.5 Å². The van der Waals surface area contributed by atoms with Crippen LogP contribution in [0.4, 0.5) is 0 Å². The molecule has 0 aromatic carbocycles. The zero-order valence-electron chi connectivity index (χ0n) is 6.77. The van der Waals surface area contributed by atoms with Crippen molar-refractivity contribution in [3.63, 3.8) is 0 Å². The first kappa shape index (κ1) is 7.79. The van der Waals surface area contributed by atoms with Gasteiger partial charge in [0.1, 0.15) is 0 Å². The first-order chi connectivity index (χ1) is 5.20. The molecule has 1 N–H and O–H groups in total. The molecule has 0 atom stereocenters. The second-order valence-electron chi connectivity index (χ2n) is 2.52. The van der Waals surface area contributed by atoms with E-state index < -0.39 is 0 Å². The summed E-state index contributed by atoms with van der Waals surface area (Å²) in [6.45, 7) is 7.42. The third-order valence-corrected chi connectivity index (χ3v) is 1.86. The van der Waals surface area contributed by atoms with Gasteiger partial charge in [0.25, 0.3) is 0 Å². The molecule has 0 aliphatic heterocycles. The molecule has 0 bridgehead atoms. The predicted octanol–water partition coefficient (Wildman–Crippen LogP) is 2.09. The van der Waals surface area contributed by atoms with E-state index in [0.29, 0.717) is 0 Å². The molecule has 0 fully saturated rings. The summed E-state index contributed by atoms with van der Waals surface area (Å²) >= 11 is 0. The number of H-pyrrole nitrogens is 1. The number of carbonyl (C=O) groups is 1. The van der Waals surface area contributed by atoms with Crippen molar-refractivity contribution in [2.24, 2.45) is 0 Å². The Morgan fingerprint density at radius 1 is 1.45 bits per heavy atom. The van der Waals surface area contributed by atoms with Gasteiger partial charge in [0.2, 0.25) is 0 Å². The number of aromatic nitrogens is 1. The van der Waals surface area contributed by atoms with Gasteiger partial charge in [0.15, 0.2) is 6.29 Å². The summed E-state index contributed by atoms with van der Waals surface area (Å²) in [5, 5.41) is 0. The van der Waals surface area contributed by atoms with Gasteiger partial charge in [-0.3, -0.25) is 4.79 Å². The molecule has 1 aromatic heterocycles. The van der Waals surface area contributed by atoms with Gasteiger partial charge in [0.05, 0.1) is 0 Å². The minimum Gasteiger partial charge on any atom is -0.358 e. The van der Waals surface area contributed by atoms with Crippen LogP contribution in [0.3, 0.4) is 0 Å². The molecule has 0 aliphatic rings. The molecule has 1 heterocycles. The summed E-state index contributed by atoms with van der Waals surface area (Å²) in [6.07, 6.45) is 2.59. The average Bonchev–Trinajstić information content (AvgIpc) is 2.26. The molecule has 0 saturated carbocycles. The highest BCUT2D eigenvalue weighted by atomic mass is 16.1. The van der Waals surface area contributed by atoms with Crippen LogP contribution < -0.4 is 0 Å². The minimum atomic E-state index is 0.750. The lowest BCUT2D eigenvalue weighted by atomic mass is 10.1. The van der Waals surface area contributed by atoms with Crippen molar-refractivity contribution in [1.82, 2.24) is 4.98 Å². The van der Waals surface area contributed by atoms with Crippen LogP contribution >= 0.6 is 0 Å². The highest BCUT2D eigenvalue weighted by Gasteiger charge is 2.06. The number of aromatic amines is 1. The normalized spacial score (nSPS) is 9.64. The molecule has 2 heteroatoms. The van der Waals surface area contributed by atoms with Crippen LogP contribution in [0.5, 0.6) is 0 Å². The topological polar surface area (TPSA) is 32.9 Å². The maximum absolute atomic E-state index is 10.5. The number of aryl methyl sites for hydroxylation is 1. The van der Waals surface area contributed by atoms with Gasteiger partial charge in [-0.15, -0.1) is 0 Å². The summed E-state index contributed by atoms with van der Waals surface area (Å²) < 4.78 is 0. The van der Waals surface area contributed by atoms with Crippen LogP contribution in [0.1, 0.15) is 27.3 Å². The fourth-order valence-corrected chi connectivity index (χ4v) is 1.17. The first-order valence-corrected chi connectivity index (χ1v) is 3.47. The molecule has 0 unspecified atom stereocenters. The highest BCUT2D eigenvalue weighted by molar-refractivity contribution is 5.81. The summed E-state index contributed by atoms with van der Waals surface area (Å²) in [7, 11) is 0. The van der Waals surface area contributed by atoms with Crippen molar-refractivity contribution in [3.05, 3.63) is 29.1 Å². The van der Waals surface area contributed by atoms with E-state index in [2.05, 4.69) is 11.6 Å². The molecule has 11 heavy (non-hydrogen) atoms. The Balaban J connectivity index is 3.35. The van der Waals surface area contributed by atoms with E-state index in [0.717, 1.165) is 28.8 Å². The van der Waals surface area contributed by atoms with Gasteiger partial charge in [-0.2, -0.15) is 0 Å². The van der Waals surface area contributed by atoms with Crippen molar-refractivity contribution in [3.8, 4) is 0 Å². The Morgan fingerprint density at radius 3 is 2.36 bits per heavy atom. The molecule has 0 radical (unpaired) electrons. The maximum Gasteiger partial charge on any atom is 0.152 e. The van der Waals surface area contributed by atoms with Crippen LogP contribution in [-0.2, 0) is 0 Å². The summed E-state index contributed by atoms with van der Waals surface area (Å²) in [5.41, 5.74) is 3.57. The van der Waals surface area contributed by atoms with Crippen molar-refractivity contribution < 1.29 is 4.79 Å². The predicted molar refractivity (Wildman–Crippen MR) is 45.7 cm³/mol. The largest absolute Gasteiger partial charge is 0.358 e. The number of hydrogen-bond donors (Lipinski definition) is 1. The van der Waals surface area contributed by atoms with Gasteiger partial charge >= 0.3 is 0 Å². The maximum atomic E-state index is 10.5. The van der Waals surface area contributed by atoms with E-state index in [1.807, 2.05) is 13.8 Å². The van der Waals surface area contributed by atoms with Gasteiger partial charge in [0, 0.05) is 17.0 Å². The van der Waals surface area contributed by atoms with Crippen LogP contribution in [0.2, 0.25) is 0 Å². The molecule has 58 valence electrons. The quantitative estimate of drug-likeness (QED) is 0.641. The molecular weight excluding hydrogens is 138 g/mol. The van der Waals surface area contributed by atoms with Crippen LogP contribution in [0.25, 0.3) is 6.08 Å². The summed E-state index contributed by atoms with van der Waals surface area (Å²) in [6, 6.07) is 0. The van der Waals surface area contributed by atoms with E-state index in [1.54, 1.807) is 6.08 Å². The van der Waals surface area contributed by atoms with E-state index in [-0.39, 0.29) is 0 Å². The fraction of sp³-hybridized carbons (Fsp3) is 0.222. The van der Waals surface area contributed by atoms with E-state index in [4.69, 9.17) is 0 Å². The molecule has 2 nitrogen and oxygen atoms in total. The molecule has 0 amide bonds. The fourth-order valence-electron chi connectivity index (χ4n) is 1.17. The third-order valence-electron chi connectivity index (χ3n) is 1.86. The number of hydrogen-bond acceptors (Lipinski definition) is 1. The van der Waals surface area contributed by atoms with E-state index >= 15 is 0 Å². The van der Waals surface area contributed by atoms with Gasteiger partial charge in [-0.1, -0.05) is 6.58 Å². The third kappa shape index (κ3) is 1.11. The smallest absolute Gasteiger partial charge is 0.152 e. The summed E-state index contributed by atoms with van der Waals surface area (Å²) in [4.78, 5) is 13.6. The Kier molecular flexibility index (Phi) is 1.94. The lowest BCUT2D eigenvalue weighted by molar-refractivity contribution is 0.112. The second-order valence-corrected chi connectivity index (χ2v) is 2.52. The molecule has 0 saturated heterocycles. The Hall–Kier alpha value is -1.31. The number of nitrogens with one attached hydrogen (secondary N) is 1. The first-order valence-electron chi connectivity index (χ1n) is 3.47. The van der Waals surface area contributed by atoms with Gasteiger partial charge < -0.3 is 4.98 Å². The van der Waals surface area contributed by atoms with Crippen molar-refractivity contribution in [1.29, 1.82) is 0 Å². The molecule has 1 aromatic rings. The summed E-state index contributed by atoms with van der Waals surface area (Å²) in [5.74, 6) is 0. The standard InChI is InChI=1S/C9H11NO/c1-4-9-6(2)8(5-11)7(3)10-9/h4-5,10H,1H2,2-3H3. The zero-order chi connectivity index (χ0) is 8.43. The lowest BCUT2D eigenvalue weighted by Gasteiger charge is -1.88. The SMILES string of the molecule is C=Cc1[nH]c(C)c(C=O)c1C. The average molecular weight is 149 g/mol. The van der Waals surface area contributed by atoms with E-state index in [1.165, 1.54) is 0 Å². The van der Waals surface area contributed by atoms with Crippen LogP contribution in [0.15, 0.2) is 6.58 Å². The molecular formula is C9H11NO. The highest BCUT2D eigenvalue weighted by Crippen LogP contribution is 2.15. The van der Waals surface area contributed by atoms with E-state index in [9.17, 15) is 4.79 Å². The molecule has 1 rings (SSSR count). The Bertz CT molecular complexity index is 297. The second kappa shape index (κ2) is 2.74. The Morgan fingerprint density at radius 2 is 2.09 bits per heavy atom. The minimum absolute atomic E-state index is 0.750. The van der Waals surface area contributed by atoms with Crippen molar-refractivity contribution in [2.75, 3.05) is 0 Å². The monoisotopic (exact) mass is 149 g/mol. The van der Waals surface area contributed by atoms with Crippen molar-refractivity contribution >= 4 is 12.4 Å². The lowest BCUT2D eigenvalue weighted by Crippen LogP contribution is -1.82. The number of aldehydes is 1. The molecule has 0 spiro atoms. The Labute approximate surface area is 65.9 Å². The van der Waals surface area contributed by atoms with Crippen molar-refractivity contribution in [2.45, 2.75) is 13.8 Å². The van der Waals surface area contributed by atoms with Gasteiger partial charge in [-0.25, -0.2) is 0 Å². The number of carbonyl (C=O) groups excluding carboxylic acids is 1. The molecule has 0 aliphatic carbocycles. The zero-order valence-corrected chi connectivity index (χ0v) is 6.77. The van der Waals surface area contributed by atoms with Crippen LogP contribution in [-0.4, -0.2) is 11.3 Å². The van der Waals surface area contributed by atoms with Crippen LogP contribution in [0, 0.1) is 13.8 Å².